The number of rotatable bonds is 6. The van der Waals surface area contributed by atoms with Crippen LogP contribution in [0.3, 0.4) is 0 Å². The first-order valence-electron chi connectivity index (χ1n) is 7.63. The summed E-state index contributed by atoms with van der Waals surface area (Å²) in [4.78, 5) is 15.9. The molecule has 0 radical (unpaired) electrons. The number of methoxy groups -OCH3 is 1. The lowest BCUT2D eigenvalue weighted by atomic mass is 10.2. The van der Waals surface area contributed by atoms with Gasteiger partial charge >= 0.3 is 0 Å². The van der Waals surface area contributed by atoms with Gasteiger partial charge in [0.2, 0.25) is 5.91 Å². The number of nitrogens with zero attached hydrogens (tertiary/aromatic N) is 2. The van der Waals surface area contributed by atoms with Gasteiger partial charge in [0.15, 0.2) is 0 Å². The fourth-order valence-electron chi connectivity index (χ4n) is 2.46. The fraction of sp³-hybridized carbons (Fsp3) is 0.562. The second-order valence-corrected chi connectivity index (χ2v) is 5.48. The molecule has 1 aromatic rings. The maximum atomic E-state index is 11.8. The number of ether oxygens (including phenoxy) is 2. The number of carbonyl (C=O) groups excluding carboxylic acids is 1. The predicted octanol–water partition coefficient (Wildman–Crippen LogP) is 0.565. The van der Waals surface area contributed by atoms with Crippen LogP contribution in [0.25, 0.3) is 0 Å². The minimum absolute atomic E-state index is 0.0345. The van der Waals surface area contributed by atoms with Gasteiger partial charge in [-0.15, -0.1) is 0 Å². The monoisotopic (exact) mass is 307 g/mol. The van der Waals surface area contributed by atoms with E-state index in [0.29, 0.717) is 6.61 Å². The molecule has 2 rings (SSSR count). The highest BCUT2D eigenvalue weighted by molar-refractivity contribution is 5.81. The smallest absolute Gasteiger partial charge is 0.239 e. The molecule has 0 spiro atoms. The number of nitrogens with two attached hydrogens (primary N) is 1. The summed E-state index contributed by atoms with van der Waals surface area (Å²) in [5, 5.41) is 0. The average molecular weight is 307 g/mol. The van der Waals surface area contributed by atoms with E-state index >= 15 is 0 Å². The van der Waals surface area contributed by atoms with E-state index in [1.54, 1.807) is 14.0 Å². The van der Waals surface area contributed by atoms with Gasteiger partial charge in [0.1, 0.15) is 18.1 Å². The molecule has 1 amide bonds. The predicted molar refractivity (Wildman–Crippen MR) is 85.2 cm³/mol. The molecule has 1 heterocycles. The number of benzene rings is 1. The molecule has 22 heavy (non-hydrogen) atoms. The maximum Gasteiger partial charge on any atom is 0.239 e. The molecule has 6 heteroatoms. The summed E-state index contributed by atoms with van der Waals surface area (Å²) in [6.07, 6.45) is 0. The summed E-state index contributed by atoms with van der Waals surface area (Å²) in [6, 6.07) is 7.18. The van der Waals surface area contributed by atoms with Gasteiger partial charge in [-0.05, 0) is 19.1 Å². The summed E-state index contributed by atoms with van der Waals surface area (Å²) < 4.78 is 10.9. The first-order chi connectivity index (χ1) is 10.6. The number of amides is 1. The zero-order valence-electron chi connectivity index (χ0n) is 13.3. The van der Waals surface area contributed by atoms with Crippen LogP contribution in [0.5, 0.6) is 11.5 Å². The number of hydrogen-bond acceptors (Lipinski definition) is 5. The van der Waals surface area contributed by atoms with Crippen molar-refractivity contribution in [3.05, 3.63) is 24.3 Å². The van der Waals surface area contributed by atoms with Crippen molar-refractivity contribution in [3.8, 4) is 11.5 Å². The number of hydrogen-bond donors (Lipinski definition) is 1. The van der Waals surface area contributed by atoms with Crippen molar-refractivity contribution in [3.63, 3.8) is 0 Å². The third-order valence-corrected chi connectivity index (χ3v) is 3.79. The molecule has 1 atom stereocenters. The van der Waals surface area contributed by atoms with E-state index in [-0.39, 0.29) is 5.91 Å². The molecule has 1 fully saturated rings. The molecule has 122 valence electrons. The lowest BCUT2D eigenvalue weighted by molar-refractivity contribution is -0.133. The molecular weight excluding hydrogens is 282 g/mol. The number of carbonyl (C=O) groups is 1. The van der Waals surface area contributed by atoms with Gasteiger partial charge in [-0.2, -0.15) is 0 Å². The van der Waals surface area contributed by atoms with Crippen LogP contribution in [0.1, 0.15) is 6.92 Å². The molecule has 2 N–H and O–H groups in total. The lowest BCUT2D eigenvalue weighted by Gasteiger charge is -2.35. The van der Waals surface area contributed by atoms with Crippen LogP contribution in [0, 0.1) is 0 Å². The van der Waals surface area contributed by atoms with Crippen LogP contribution in [0.2, 0.25) is 0 Å². The molecule has 0 unspecified atom stereocenters. The topological polar surface area (TPSA) is 68.0 Å². The molecule has 0 saturated carbocycles. The van der Waals surface area contributed by atoms with E-state index in [1.165, 1.54) is 0 Å². The third-order valence-electron chi connectivity index (χ3n) is 3.79. The van der Waals surface area contributed by atoms with Crippen LogP contribution in [0.4, 0.5) is 0 Å². The quantitative estimate of drug-likeness (QED) is 0.832. The summed E-state index contributed by atoms with van der Waals surface area (Å²) in [5.41, 5.74) is 5.63. The molecular formula is C16H25N3O3. The highest BCUT2D eigenvalue weighted by Crippen LogP contribution is 2.18. The summed E-state index contributed by atoms with van der Waals surface area (Å²) in [6.45, 7) is 6.39. The van der Waals surface area contributed by atoms with Gasteiger partial charge < -0.3 is 20.1 Å². The largest absolute Gasteiger partial charge is 0.497 e. The Hall–Kier alpha value is -1.79. The Kier molecular flexibility index (Phi) is 6.03. The van der Waals surface area contributed by atoms with Gasteiger partial charge in [-0.25, -0.2) is 0 Å². The van der Waals surface area contributed by atoms with Crippen LogP contribution in [-0.4, -0.2) is 68.2 Å². The van der Waals surface area contributed by atoms with Crippen molar-refractivity contribution < 1.29 is 14.3 Å². The summed E-state index contributed by atoms with van der Waals surface area (Å²) in [5.74, 6) is 1.64. The van der Waals surface area contributed by atoms with Crippen molar-refractivity contribution in [2.24, 2.45) is 5.73 Å². The zero-order valence-corrected chi connectivity index (χ0v) is 13.3. The normalized spacial score (nSPS) is 17.1. The van der Waals surface area contributed by atoms with Gasteiger partial charge in [0.25, 0.3) is 0 Å². The Balaban J connectivity index is 1.69. The highest BCUT2D eigenvalue weighted by Gasteiger charge is 2.22. The summed E-state index contributed by atoms with van der Waals surface area (Å²) in [7, 11) is 1.64. The molecule has 1 aromatic carbocycles. The minimum Gasteiger partial charge on any atom is -0.497 e. The lowest BCUT2D eigenvalue weighted by Crippen LogP contribution is -2.53. The minimum atomic E-state index is -0.414. The van der Waals surface area contributed by atoms with Crippen molar-refractivity contribution >= 4 is 5.91 Å². The van der Waals surface area contributed by atoms with Crippen molar-refractivity contribution in [2.45, 2.75) is 13.0 Å². The second kappa shape index (κ2) is 8.00. The van der Waals surface area contributed by atoms with Gasteiger partial charge in [-0.3, -0.25) is 9.69 Å². The van der Waals surface area contributed by atoms with Crippen molar-refractivity contribution in [1.82, 2.24) is 9.80 Å². The first-order valence-corrected chi connectivity index (χ1v) is 7.63. The Labute approximate surface area is 131 Å². The Morgan fingerprint density at radius 3 is 2.59 bits per heavy atom. The summed E-state index contributed by atoms with van der Waals surface area (Å²) >= 11 is 0. The maximum absolute atomic E-state index is 11.8. The van der Waals surface area contributed by atoms with Crippen LogP contribution < -0.4 is 15.2 Å². The van der Waals surface area contributed by atoms with Gasteiger partial charge in [0, 0.05) is 38.8 Å². The van der Waals surface area contributed by atoms with Crippen molar-refractivity contribution in [2.75, 3.05) is 46.4 Å². The van der Waals surface area contributed by atoms with Crippen molar-refractivity contribution in [1.29, 1.82) is 0 Å². The van der Waals surface area contributed by atoms with Gasteiger partial charge in [-0.1, -0.05) is 6.07 Å². The van der Waals surface area contributed by atoms with Gasteiger partial charge in [0.05, 0.1) is 13.2 Å². The fourth-order valence-corrected chi connectivity index (χ4v) is 2.46. The van der Waals surface area contributed by atoms with E-state index in [0.717, 1.165) is 44.2 Å². The SMILES string of the molecule is COc1cccc(OCCN2CCN(C(=O)[C@@H](C)N)CC2)c1. The molecule has 1 saturated heterocycles. The Morgan fingerprint density at radius 2 is 1.95 bits per heavy atom. The molecule has 1 aliphatic heterocycles. The standard InChI is InChI=1S/C16H25N3O3/c1-13(17)16(20)19-8-6-18(7-9-19)10-11-22-15-5-3-4-14(12-15)21-2/h3-5,12-13H,6-11,17H2,1-2H3/t13-/m1/s1. The zero-order chi connectivity index (χ0) is 15.9. The molecule has 6 nitrogen and oxygen atoms in total. The Bertz CT molecular complexity index is 485. The Morgan fingerprint density at radius 1 is 1.27 bits per heavy atom. The number of piperazine rings is 1. The average Bonchev–Trinajstić information content (AvgIpc) is 2.55. The molecule has 0 bridgehead atoms. The van der Waals surface area contributed by atoms with E-state index in [2.05, 4.69) is 4.90 Å². The van der Waals surface area contributed by atoms with E-state index in [9.17, 15) is 4.79 Å². The van der Waals surface area contributed by atoms with Crippen LogP contribution in [-0.2, 0) is 4.79 Å². The molecule has 1 aliphatic rings. The van der Waals surface area contributed by atoms with Crippen LogP contribution in [0.15, 0.2) is 24.3 Å². The first kappa shape index (κ1) is 16.6. The van der Waals surface area contributed by atoms with E-state index in [1.807, 2.05) is 29.2 Å². The second-order valence-electron chi connectivity index (χ2n) is 5.48. The molecule has 0 aliphatic carbocycles. The van der Waals surface area contributed by atoms with E-state index in [4.69, 9.17) is 15.2 Å². The van der Waals surface area contributed by atoms with E-state index < -0.39 is 6.04 Å². The highest BCUT2D eigenvalue weighted by atomic mass is 16.5. The van der Waals surface area contributed by atoms with Crippen LogP contribution >= 0.6 is 0 Å². The molecule has 0 aromatic heterocycles. The third kappa shape index (κ3) is 4.61.